The van der Waals surface area contributed by atoms with Crippen molar-refractivity contribution in [3.05, 3.63) is 77.5 Å². The molecule has 0 radical (unpaired) electrons. The van der Waals surface area contributed by atoms with Crippen LogP contribution in [0.2, 0.25) is 0 Å². The number of fused-ring (bicyclic) bond motifs is 1. The fraction of sp³-hybridized carbons (Fsp3) is 0.436. The van der Waals surface area contributed by atoms with Gasteiger partial charge in [-0.2, -0.15) is 0 Å². The van der Waals surface area contributed by atoms with Gasteiger partial charge in [-0.3, -0.25) is 19.3 Å². The van der Waals surface area contributed by atoms with Crippen LogP contribution in [0, 0.1) is 19.8 Å². The fourth-order valence-electron chi connectivity index (χ4n) is 7.80. The average molecular weight is 647 g/mol. The lowest BCUT2D eigenvalue weighted by Gasteiger charge is -2.43. The second-order valence-electron chi connectivity index (χ2n) is 13.8. The van der Waals surface area contributed by atoms with E-state index < -0.39 is 0 Å². The number of H-pyrrole nitrogens is 1. The van der Waals surface area contributed by atoms with Gasteiger partial charge in [0.05, 0.1) is 11.4 Å². The van der Waals surface area contributed by atoms with E-state index in [1.165, 1.54) is 10.9 Å². The third kappa shape index (κ3) is 6.48. The van der Waals surface area contributed by atoms with E-state index in [1.54, 1.807) is 6.92 Å². The lowest BCUT2D eigenvalue weighted by molar-refractivity contribution is -0.141. The monoisotopic (exact) mass is 646 g/mol. The number of carbonyl (C=O) groups is 3. The Morgan fingerprint density at radius 1 is 0.708 bits per heavy atom. The second-order valence-corrected chi connectivity index (χ2v) is 13.8. The Hall–Kier alpha value is -4.50. The van der Waals surface area contributed by atoms with E-state index in [-0.39, 0.29) is 23.6 Å². The van der Waals surface area contributed by atoms with E-state index in [4.69, 9.17) is 4.98 Å². The number of hydrogen-bond acceptors (Lipinski definition) is 5. The molecule has 0 unspecified atom stereocenters. The molecule has 1 N–H and O–H groups in total. The normalized spacial score (nSPS) is 18.4. The van der Waals surface area contributed by atoms with Crippen molar-refractivity contribution in [2.75, 3.05) is 52.4 Å². The molecule has 9 nitrogen and oxygen atoms in total. The van der Waals surface area contributed by atoms with Crippen molar-refractivity contribution in [3.63, 3.8) is 0 Å². The molecule has 3 aliphatic heterocycles. The maximum atomic E-state index is 14.1. The van der Waals surface area contributed by atoms with Crippen LogP contribution in [0.25, 0.3) is 33.4 Å². The molecule has 0 saturated carbocycles. The number of benzene rings is 2. The number of amides is 3. The minimum absolute atomic E-state index is 0.0349. The highest BCUT2D eigenvalue weighted by Gasteiger charge is 2.34. The Balaban J connectivity index is 1.01. The second kappa shape index (κ2) is 13.5. The third-order valence-electron chi connectivity index (χ3n) is 10.9. The van der Waals surface area contributed by atoms with Crippen LogP contribution < -0.4 is 0 Å². The number of aryl methyl sites for hydroxylation is 2. The fourth-order valence-corrected chi connectivity index (χ4v) is 7.80. The molecule has 0 spiro atoms. The summed E-state index contributed by atoms with van der Waals surface area (Å²) in [6, 6.07) is 20.8. The molecule has 7 rings (SSSR count). The number of likely N-dealkylation sites (tertiary alicyclic amines) is 2. The maximum absolute atomic E-state index is 14.1. The third-order valence-corrected chi connectivity index (χ3v) is 10.9. The summed E-state index contributed by atoms with van der Waals surface area (Å²) in [5, 5.41) is 1.17. The minimum Gasteiger partial charge on any atom is -0.358 e. The smallest absolute Gasteiger partial charge is 0.254 e. The SMILES string of the molecule is CC(=O)N1CCC(C(=O)N2CCC(N3CCN(C(=O)c4cc(-c5ccccc5)nc(-c5ccc6[nH]c(C)c(C)c6c5)c4)CC3)CC2)CC1. The topological polar surface area (TPSA) is 92.9 Å². The van der Waals surface area contributed by atoms with E-state index in [0.29, 0.717) is 37.8 Å². The zero-order chi connectivity index (χ0) is 33.4. The number of aromatic nitrogens is 2. The first kappa shape index (κ1) is 32.1. The molecule has 0 atom stereocenters. The highest BCUT2D eigenvalue weighted by Crippen LogP contribution is 2.31. The molecule has 2 aromatic carbocycles. The van der Waals surface area contributed by atoms with Crippen molar-refractivity contribution < 1.29 is 14.4 Å². The molecule has 9 heteroatoms. The summed E-state index contributed by atoms with van der Waals surface area (Å²) in [6.45, 7) is 11.8. The summed E-state index contributed by atoms with van der Waals surface area (Å²) in [5.41, 5.74) is 7.72. The van der Waals surface area contributed by atoms with E-state index in [0.717, 1.165) is 85.6 Å². The van der Waals surface area contributed by atoms with E-state index in [1.807, 2.05) is 57.2 Å². The molecular weight excluding hydrogens is 600 g/mol. The predicted octanol–water partition coefficient (Wildman–Crippen LogP) is 5.52. The van der Waals surface area contributed by atoms with Gasteiger partial charge in [0, 0.05) is 105 Å². The first-order chi connectivity index (χ1) is 23.2. The number of rotatable bonds is 5. The quantitative estimate of drug-likeness (QED) is 0.308. The summed E-state index contributed by atoms with van der Waals surface area (Å²) in [6.07, 6.45) is 3.46. The molecular formula is C39H46N6O3. The summed E-state index contributed by atoms with van der Waals surface area (Å²) < 4.78 is 0. The summed E-state index contributed by atoms with van der Waals surface area (Å²) in [5.74, 6) is 0.438. The molecule has 4 aromatic rings. The largest absolute Gasteiger partial charge is 0.358 e. The number of piperazine rings is 1. The van der Waals surface area contributed by atoms with Crippen LogP contribution in [0.15, 0.2) is 60.7 Å². The molecule has 3 aliphatic rings. The minimum atomic E-state index is 0.0349. The summed E-state index contributed by atoms with van der Waals surface area (Å²) in [7, 11) is 0. The van der Waals surface area contributed by atoms with Crippen molar-refractivity contribution in [3.8, 4) is 22.5 Å². The standard InChI is InChI=1S/C39H46N6O3/c1-26-27(2)40-35-10-9-31(23-34(26)35)37-25-32(24-36(41-37)29-7-5-4-6-8-29)39(48)45-21-19-43(20-22-45)33-13-17-44(18-14-33)38(47)30-11-15-42(16-12-30)28(3)46/h4-10,23-25,30,33,40H,11-22H2,1-3H3. The number of aromatic amines is 1. The first-order valence-corrected chi connectivity index (χ1v) is 17.5. The summed E-state index contributed by atoms with van der Waals surface area (Å²) >= 11 is 0. The van der Waals surface area contributed by atoms with E-state index in [9.17, 15) is 14.4 Å². The molecule has 0 bridgehead atoms. The zero-order valence-electron chi connectivity index (χ0n) is 28.4. The molecule has 3 saturated heterocycles. The highest BCUT2D eigenvalue weighted by molar-refractivity contribution is 5.97. The van der Waals surface area contributed by atoms with Crippen LogP contribution in [0.1, 0.15) is 54.2 Å². The van der Waals surface area contributed by atoms with Gasteiger partial charge in [0.15, 0.2) is 0 Å². The molecule has 5 heterocycles. The van der Waals surface area contributed by atoms with Crippen LogP contribution >= 0.6 is 0 Å². The van der Waals surface area contributed by atoms with Gasteiger partial charge in [0.2, 0.25) is 11.8 Å². The highest BCUT2D eigenvalue weighted by atomic mass is 16.2. The van der Waals surface area contributed by atoms with Gasteiger partial charge in [-0.15, -0.1) is 0 Å². The Bertz CT molecular complexity index is 1810. The van der Waals surface area contributed by atoms with Crippen LogP contribution in [-0.2, 0) is 9.59 Å². The molecule has 250 valence electrons. The van der Waals surface area contributed by atoms with Gasteiger partial charge in [-0.1, -0.05) is 36.4 Å². The average Bonchev–Trinajstić information content (AvgIpc) is 3.43. The van der Waals surface area contributed by atoms with Crippen molar-refractivity contribution in [2.24, 2.45) is 5.92 Å². The Kier molecular flexibility index (Phi) is 9.05. The van der Waals surface area contributed by atoms with E-state index >= 15 is 0 Å². The number of pyridine rings is 1. The number of nitrogens with one attached hydrogen (secondary N) is 1. The Labute approximate surface area is 282 Å². The van der Waals surface area contributed by atoms with Gasteiger partial charge in [0.25, 0.3) is 5.91 Å². The number of piperidine rings is 2. The van der Waals surface area contributed by atoms with Crippen molar-refractivity contribution in [2.45, 2.75) is 52.5 Å². The van der Waals surface area contributed by atoms with Crippen molar-refractivity contribution >= 4 is 28.6 Å². The van der Waals surface area contributed by atoms with Gasteiger partial charge in [0.1, 0.15) is 0 Å². The number of carbonyl (C=O) groups excluding carboxylic acids is 3. The van der Waals surface area contributed by atoms with Gasteiger partial charge < -0.3 is 19.7 Å². The zero-order valence-corrected chi connectivity index (χ0v) is 28.4. The van der Waals surface area contributed by atoms with Gasteiger partial charge in [-0.05, 0) is 69.4 Å². The van der Waals surface area contributed by atoms with Crippen LogP contribution in [0.5, 0.6) is 0 Å². The molecule has 48 heavy (non-hydrogen) atoms. The lowest BCUT2D eigenvalue weighted by atomic mass is 9.93. The molecule has 3 fully saturated rings. The first-order valence-electron chi connectivity index (χ1n) is 17.5. The molecule has 2 aromatic heterocycles. The Morgan fingerprint density at radius 3 is 2.02 bits per heavy atom. The van der Waals surface area contributed by atoms with Crippen LogP contribution in [0.3, 0.4) is 0 Å². The molecule has 0 aliphatic carbocycles. The van der Waals surface area contributed by atoms with E-state index in [2.05, 4.69) is 41.9 Å². The lowest BCUT2D eigenvalue weighted by Crippen LogP contribution is -2.55. The molecule has 3 amide bonds. The van der Waals surface area contributed by atoms with Crippen LogP contribution in [0.4, 0.5) is 0 Å². The maximum Gasteiger partial charge on any atom is 0.254 e. The van der Waals surface area contributed by atoms with Gasteiger partial charge in [-0.25, -0.2) is 4.98 Å². The Morgan fingerprint density at radius 2 is 1.35 bits per heavy atom. The van der Waals surface area contributed by atoms with Gasteiger partial charge >= 0.3 is 0 Å². The predicted molar refractivity (Wildman–Crippen MR) is 188 cm³/mol. The van der Waals surface area contributed by atoms with Crippen molar-refractivity contribution in [1.29, 1.82) is 0 Å². The number of nitrogens with zero attached hydrogens (tertiary/aromatic N) is 5. The van der Waals surface area contributed by atoms with Crippen LogP contribution in [-0.4, -0.2) is 106 Å². The summed E-state index contributed by atoms with van der Waals surface area (Å²) in [4.78, 5) is 55.8. The number of hydrogen-bond donors (Lipinski definition) is 1. The van der Waals surface area contributed by atoms with Crippen molar-refractivity contribution in [1.82, 2.24) is 29.6 Å².